The van der Waals surface area contributed by atoms with Gasteiger partial charge >= 0.3 is 6.61 Å². The van der Waals surface area contributed by atoms with Crippen LogP contribution in [0.2, 0.25) is 5.02 Å². The Balaban J connectivity index is 1.72. The molecule has 0 bridgehead atoms. The lowest BCUT2D eigenvalue weighted by molar-refractivity contribution is -0.120. The van der Waals surface area contributed by atoms with Crippen LogP contribution in [0, 0.1) is 20.8 Å². The summed E-state index contributed by atoms with van der Waals surface area (Å²) in [7, 11) is 0. The van der Waals surface area contributed by atoms with Crippen LogP contribution in [-0.2, 0) is 17.8 Å². The number of rotatable bonds is 7. The lowest BCUT2D eigenvalue weighted by Crippen LogP contribution is -2.25. The summed E-state index contributed by atoms with van der Waals surface area (Å²) in [6.45, 7) is 2.82. The highest BCUT2D eigenvalue weighted by Gasteiger charge is 2.17. The molecule has 8 heteroatoms. The van der Waals surface area contributed by atoms with Gasteiger partial charge in [-0.25, -0.2) is 4.68 Å². The highest BCUT2D eigenvalue weighted by atomic mass is 35.5. The van der Waals surface area contributed by atoms with E-state index in [-0.39, 0.29) is 24.6 Å². The van der Waals surface area contributed by atoms with Crippen molar-refractivity contribution in [1.82, 2.24) is 15.1 Å². The molecule has 3 rings (SSSR count). The van der Waals surface area contributed by atoms with Gasteiger partial charge in [-0.05, 0) is 44.5 Å². The molecule has 0 atom stereocenters. The Morgan fingerprint density at radius 3 is 2.63 bits per heavy atom. The number of alkyl halides is 2. The molecule has 0 radical (unpaired) electrons. The summed E-state index contributed by atoms with van der Waals surface area (Å²) < 4.78 is 31.3. The first kappa shape index (κ1) is 21.8. The van der Waals surface area contributed by atoms with Gasteiger partial charge in [0.15, 0.2) is 0 Å². The molecule has 0 spiro atoms. The highest BCUT2D eigenvalue weighted by Crippen LogP contribution is 2.23. The maximum Gasteiger partial charge on any atom is 0.387 e. The number of halogens is 3. The topological polar surface area (TPSA) is 56.2 Å². The molecule has 0 saturated carbocycles. The van der Waals surface area contributed by atoms with Crippen LogP contribution in [0.4, 0.5) is 8.78 Å². The molecular formula is C22H22ClF2N3O2. The average molecular weight is 434 g/mol. The fraction of sp³-hybridized carbons (Fsp3) is 0.273. The molecule has 30 heavy (non-hydrogen) atoms. The Morgan fingerprint density at radius 2 is 1.93 bits per heavy atom. The van der Waals surface area contributed by atoms with Gasteiger partial charge in [0.05, 0.1) is 17.8 Å². The second-order valence-electron chi connectivity index (χ2n) is 6.93. The van der Waals surface area contributed by atoms with Gasteiger partial charge in [-0.3, -0.25) is 4.79 Å². The molecule has 3 aromatic rings. The Bertz CT molecular complexity index is 1070. The Labute approximate surface area is 178 Å². The molecule has 1 N–H and O–H groups in total. The number of ether oxygens (including phenoxy) is 1. The standard InChI is InChI=1S/C22H22ClF2N3O2/c1-13-8-9-17(10-19(13)23)28-15(3)18(14(2)27-28)11-21(29)26-12-16-6-4-5-7-20(16)30-22(24)25/h4-10,22H,11-12H2,1-3H3,(H,26,29). The summed E-state index contributed by atoms with van der Waals surface area (Å²) in [4.78, 5) is 12.5. The minimum atomic E-state index is -2.92. The van der Waals surface area contributed by atoms with Gasteiger partial charge in [0, 0.05) is 28.4 Å². The second kappa shape index (κ2) is 9.26. The molecule has 158 valence electrons. The van der Waals surface area contributed by atoms with E-state index >= 15 is 0 Å². The minimum Gasteiger partial charge on any atom is -0.434 e. The van der Waals surface area contributed by atoms with Crippen molar-refractivity contribution in [3.05, 3.63) is 75.6 Å². The van der Waals surface area contributed by atoms with Gasteiger partial charge in [0.25, 0.3) is 0 Å². The van der Waals surface area contributed by atoms with Gasteiger partial charge in [-0.2, -0.15) is 13.9 Å². The first-order valence-electron chi connectivity index (χ1n) is 9.37. The lowest BCUT2D eigenvalue weighted by atomic mass is 10.1. The minimum absolute atomic E-state index is 0.0456. The van der Waals surface area contributed by atoms with Crippen molar-refractivity contribution in [2.45, 2.75) is 40.3 Å². The maximum atomic E-state index is 12.5. The van der Waals surface area contributed by atoms with Crippen LogP contribution < -0.4 is 10.1 Å². The van der Waals surface area contributed by atoms with Crippen molar-refractivity contribution in [2.24, 2.45) is 0 Å². The summed E-state index contributed by atoms with van der Waals surface area (Å²) in [6, 6.07) is 12.0. The summed E-state index contributed by atoms with van der Waals surface area (Å²) in [5, 5.41) is 7.95. The largest absolute Gasteiger partial charge is 0.434 e. The van der Waals surface area contributed by atoms with Crippen molar-refractivity contribution in [3.8, 4) is 11.4 Å². The van der Waals surface area contributed by atoms with Crippen molar-refractivity contribution in [1.29, 1.82) is 0 Å². The van der Waals surface area contributed by atoms with E-state index in [1.54, 1.807) is 22.9 Å². The van der Waals surface area contributed by atoms with Crippen molar-refractivity contribution in [2.75, 3.05) is 0 Å². The van der Waals surface area contributed by atoms with Crippen LogP contribution in [0.25, 0.3) is 5.69 Å². The van der Waals surface area contributed by atoms with E-state index in [2.05, 4.69) is 15.2 Å². The first-order valence-corrected chi connectivity index (χ1v) is 9.75. The van der Waals surface area contributed by atoms with Crippen LogP contribution in [0.5, 0.6) is 5.75 Å². The highest BCUT2D eigenvalue weighted by molar-refractivity contribution is 6.31. The third-order valence-corrected chi connectivity index (χ3v) is 5.25. The number of hydrogen-bond donors (Lipinski definition) is 1. The average Bonchev–Trinajstić information content (AvgIpc) is 2.97. The van der Waals surface area contributed by atoms with Crippen LogP contribution >= 0.6 is 11.6 Å². The molecular weight excluding hydrogens is 412 g/mol. The number of benzene rings is 2. The number of aromatic nitrogens is 2. The summed E-state index contributed by atoms with van der Waals surface area (Å²) >= 11 is 6.23. The predicted octanol–water partition coefficient (Wildman–Crippen LogP) is 4.91. The third kappa shape index (κ3) is 4.97. The molecule has 0 fully saturated rings. The molecule has 0 unspecified atom stereocenters. The predicted molar refractivity (Wildman–Crippen MR) is 111 cm³/mol. The first-order chi connectivity index (χ1) is 14.3. The fourth-order valence-electron chi connectivity index (χ4n) is 3.17. The number of carbonyl (C=O) groups is 1. The van der Waals surface area contributed by atoms with Crippen LogP contribution in [0.1, 0.15) is 28.1 Å². The molecule has 1 aromatic heterocycles. The van der Waals surface area contributed by atoms with Gasteiger partial charge in [-0.1, -0.05) is 35.9 Å². The maximum absolute atomic E-state index is 12.5. The monoisotopic (exact) mass is 433 g/mol. The molecule has 0 aliphatic heterocycles. The van der Waals surface area contributed by atoms with E-state index in [0.717, 1.165) is 28.2 Å². The van der Waals surface area contributed by atoms with Crippen molar-refractivity contribution >= 4 is 17.5 Å². The SMILES string of the molecule is Cc1ccc(-n2nc(C)c(CC(=O)NCc3ccccc3OC(F)F)c2C)cc1Cl. The smallest absolute Gasteiger partial charge is 0.387 e. The Hall–Kier alpha value is -2.93. The zero-order valence-corrected chi connectivity index (χ0v) is 17.6. The summed E-state index contributed by atoms with van der Waals surface area (Å²) in [5.41, 5.74) is 4.64. The van der Waals surface area contributed by atoms with Gasteiger partial charge < -0.3 is 10.1 Å². The van der Waals surface area contributed by atoms with Crippen molar-refractivity contribution < 1.29 is 18.3 Å². The summed E-state index contributed by atoms with van der Waals surface area (Å²) in [6.07, 6.45) is 0.120. The zero-order valence-electron chi connectivity index (χ0n) is 16.9. The van der Waals surface area contributed by atoms with E-state index in [0.29, 0.717) is 10.6 Å². The van der Waals surface area contributed by atoms with E-state index < -0.39 is 6.61 Å². The van der Waals surface area contributed by atoms with Gasteiger partial charge in [0.2, 0.25) is 5.91 Å². The van der Waals surface area contributed by atoms with Gasteiger partial charge in [-0.15, -0.1) is 0 Å². The third-order valence-electron chi connectivity index (χ3n) is 4.84. The molecule has 1 amide bonds. The number of amides is 1. The molecule has 5 nitrogen and oxygen atoms in total. The Kier molecular flexibility index (Phi) is 6.72. The number of hydrogen-bond acceptors (Lipinski definition) is 3. The van der Waals surface area contributed by atoms with E-state index in [1.165, 1.54) is 6.07 Å². The Morgan fingerprint density at radius 1 is 1.20 bits per heavy atom. The number of nitrogens with one attached hydrogen (secondary N) is 1. The molecule has 2 aromatic carbocycles. The van der Waals surface area contributed by atoms with Crippen LogP contribution in [0.15, 0.2) is 42.5 Å². The quantitative estimate of drug-likeness (QED) is 0.576. The molecule has 0 saturated heterocycles. The number of aryl methyl sites for hydroxylation is 2. The normalized spacial score (nSPS) is 11.0. The van der Waals surface area contributed by atoms with Gasteiger partial charge in [0.1, 0.15) is 5.75 Å². The molecule has 0 aliphatic carbocycles. The van der Waals surface area contributed by atoms with Crippen LogP contribution in [0.3, 0.4) is 0 Å². The zero-order chi connectivity index (χ0) is 21.8. The van der Waals surface area contributed by atoms with E-state index in [4.69, 9.17) is 11.6 Å². The second-order valence-corrected chi connectivity index (χ2v) is 7.34. The lowest BCUT2D eigenvalue weighted by Gasteiger charge is -2.11. The molecule has 1 heterocycles. The van der Waals surface area contributed by atoms with E-state index in [1.807, 2.05) is 39.0 Å². The fourth-order valence-corrected chi connectivity index (χ4v) is 3.35. The van der Waals surface area contributed by atoms with Crippen LogP contribution in [-0.4, -0.2) is 22.3 Å². The van der Waals surface area contributed by atoms with Crippen molar-refractivity contribution in [3.63, 3.8) is 0 Å². The number of nitrogens with zero attached hydrogens (tertiary/aromatic N) is 2. The molecule has 0 aliphatic rings. The number of para-hydroxylation sites is 1. The summed E-state index contributed by atoms with van der Waals surface area (Å²) in [5.74, 6) is -0.196. The van der Waals surface area contributed by atoms with E-state index in [9.17, 15) is 13.6 Å². The number of carbonyl (C=O) groups excluding carboxylic acids is 1.